The van der Waals surface area contributed by atoms with Gasteiger partial charge in [-0.2, -0.15) is 0 Å². The van der Waals surface area contributed by atoms with E-state index in [9.17, 15) is 4.79 Å². The van der Waals surface area contributed by atoms with Crippen LogP contribution < -0.4 is 5.32 Å². The molecule has 1 N–H and O–H groups in total. The summed E-state index contributed by atoms with van der Waals surface area (Å²) in [6, 6.07) is 19.4. The van der Waals surface area contributed by atoms with Crippen LogP contribution in [0.15, 0.2) is 73.1 Å². The summed E-state index contributed by atoms with van der Waals surface area (Å²) in [5.74, 6) is 0. The molecule has 0 aliphatic carbocycles. The van der Waals surface area contributed by atoms with Gasteiger partial charge in [-0.25, -0.2) is 4.79 Å². The largest absolute Gasteiger partial charge is 0.322 e. The van der Waals surface area contributed by atoms with Gasteiger partial charge in [0.2, 0.25) is 0 Å². The van der Waals surface area contributed by atoms with Gasteiger partial charge in [0.05, 0.1) is 0 Å². The lowest BCUT2D eigenvalue weighted by Gasteiger charge is -2.24. The molecule has 0 atom stereocenters. The number of hydrogen-bond acceptors (Lipinski definition) is 2. The average molecular weight is 380 g/mol. The lowest BCUT2D eigenvalue weighted by atomic mass is 10.1. The first kappa shape index (κ1) is 18.9. The maximum Gasteiger partial charge on any atom is 0.322 e. The van der Waals surface area contributed by atoms with E-state index < -0.39 is 0 Å². The maximum atomic E-state index is 13.0. The molecule has 138 valence electrons. The Balaban J connectivity index is 1.75. The molecule has 0 aliphatic heterocycles. The maximum absolute atomic E-state index is 13.0. The van der Waals surface area contributed by atoms with E-state index in [2.05, 4.69) is 22.4 Å². The summed E-state index contributed by atoms with van der Waals surface area (Å²) in [7, 11) is 0. The number of pyridine rings is 1. The minimum atomic E-state index is -0.145. The van der Waals surface area contributed by atoms with E-state index in [0.717, 1.165) is 23.2 Å². The minimum absolute atomic E-state index is 0.145. The summed E-state index contributed by atoms with van der Waals surface area (Å²) in [5, 5.41) is 3.59. The third-order valence-electron chi connectivity index (χ3n) is 4.36. The predicted octanol–water partition coefficient (Wildman–Crippen LogP) is 5.32. The Bertz CT molecular complexity index is 885. The molecule has 0 aliphatic rings. The van der Waals surface area contributed by atoms with Crippen LogP contribution in [-0.4, -0.2) is 22.5 Å². The number of halogens is 1. The van der Waals surface area contributed by atoms with Crippen LogP contribution in [0, 0.1) is 6.92 Å². The third kappa shape index (κ3) is 5.56. The highest BCUT2D eigenvalue weighted by atomic mass is 35.5. The number of amides is 2. The number of carbonyl (C=O) groups is 1. The SMILES string of the molecule is Cc1ccc(Cl)cc1NC(=O)N(CCc1ccccc1)Cc1ccncc1. The van der Waals surface area contributed by atoms with Gasteiger partial charge in [0, 0.05) is 36.2 Å². The summed E-state index contributed by atoms with van der Waals surface area (Å²) in [6.07, 6.45) is 4.27. The molecule has 1 heterocycles. The summed E-state index contributed by atoms with van der Waals surface area (Å²) in [4.78, 5) is 18.8. The number of anilines is 1. The van der Waals surface area contributed by atoms with Gasteiger partial charge in [0.15, 0.2) is 0 Å². The fourth-order valence-electron chi connectivity index (χ4n) is 2.79. The van der Waals surface area contributed by atoms with Gasteiger partial charge in [0.1, 0.15) is 0 Å². The van der Waals surface area contributed by atoms with Crippen LogP contribution in [0.3, 0.4) is 0 Å². The van der Waals surface area contributed by atoms with Crippen molar-refractivity contribution in [3.63, 3.8) is 0 Å². The van der Waals surface area contributed by atoms with Crippen LogP contribution in [0.5, 0.6) is 0 Å². The summed E-state index contributed by atoms with van der Waals surface area (Å²) in [5.41, 5.74) is 3.94. The van der Waals surface area contributed by atoms with E-state index in [1.54, 1.807) is 18.5 Å². The Labute approximate surface area is 164 Å². The second kappa shape index (κ2) is 9.19. The fraction of sp³-hybridized carbons (Fsp3) is 0.182. The van der Waals surface area contributed by atoms with Crippen molar-refractivity contribution in [1.29, 1.82) is 0 Å². The Morgan fingerprint density at radius 1 is 1.04 bits per heavy atom. The summed E-state index contributed by atoms with van der Waals surface area (Å²) >= 11 is 6.08. The van der Waals surface area contributed by atoms with E-state index in [4.69, 9.17) is 11.6 Å². The van der Waals surface area contributed by atoms with E-state index in [0.29, 0.717) is 18.1 Å². The van der Waals surface area contributed by atoms with Crippen molar-refractivity contribution >= 4 is 23.3 Å². The first-order valence-corrected chi connectivity index (χ1v) is 9.24. The number of rotatable bonds is 6. The highest BCUT2D eigenvalue weighted by Crippen LogP contribution is 2.21. The average Bonchev–Trinajstić information content (AvgIpc) is 2.69. The van der Waals surface area contributed by atoms with E-state index >= 15 is 0 Å². The van der Waals surface area contributed by atoms with Gasteiger partial charge in [-0.05, 0) is 54.3 Å². The quantitative estimate of drug-likeness (QED) is 0.629. The van der Waals surface area contributed by atoms with Crippen molar-refractivity contribution in [2.24, 2.45) is 0 Å². The zero-order valence-corrected chi connectivity index (χ0v) is 16.0. The van der Waals surface area contributed by atoms with Crippen LogP contribution in [0.4, 0.5) is 10.5 Å². The summed E-state index contributed by atoms with van der Waals surface area (Å²) < 4.78 is 0. The van der Waals surface area contributed by atoms with Gasteiger partial charge in [0.25, 0.3) is 0 Å². The molecule has 3 rings (SSSR count). The van der Waals surface area contributed by atoms with Crippen molar-refractivity contribution in [3.05, 3.63) is 94.8 Å². The Hall–Kier alpha value is -2.85. The molecule has 2 aromatic carbocycles. The van der Waals surface area contributed by atoms with Gasteiger partial charge in [-0.1, -0.05) is 48.0 Å². The molecule has 3 aromatic rings. The molecule has 0 bridgehead atoms. The van der Waals surface area contributed by atoms with Gasteiger partial charge >= 0.3 is 6.03 Å². The molecular weight excluding hydrogens is 358 g/mol. The normalized spacial score (nSPS) is 10.4. The van der Waals surface area contributed by atoms with Crippen LogP contribution in [-0.2, 0) is 13.0 Å². The number of nitrogens with one attached hydrogen (secondary N) is 1. The standard InChI is InChI=1S/C22H22ClN3O/c1-17-7-8-20(23)15-21(17)25-22(27)26(16-19-9-12-24-13-10-19)14-11-18-5-3-2-4-6-18/h2-10,12-13,15H,11,14,16H2,1H3,(H,25,27). The van der Waals surface area contributed by atoms with Crippen molar-refractivity contribution in [2.75, 3.05) is 11.9 Å². The molecule has 27 heavy (non-hydrogen) atoms. The number of aryl methyl sites for hydroxylation is 1. The lowest BCUT2D eigenvalue weighted by Crippen LogP contribution is -2.36. The molecule has 2 amide bonds. The highest BCUT2D eigenvalue weighted by molar-refractivity contribution is 6.31. The fourth-order valence-corrected chi connectivity index (χ4v) is 2.96. The number of hydrogen-bond donors (Lipinski definition) is 1. The van der Waals surface area contributed by atoms with E-state index in [1.807, 2.05) is 54.3 Å². The van der Waals surface area contributed by atoms with Crippen LogP contribution in [0.25, 0.3) is 0 Å². The minimum Gasteiger partial charge on any atom is -0.320 e. The topological polar surface area (TPSA) is 45.2 Å². The Morgan fingerprint density at radius 2 is 1.78 bits per heavy atom. The smallest absolute Gasteiger partial charge is 0.320 e. The second-order valence-corrected chi connectivity index (χ2v) is 6.84. The highest BCUT2D eigenvalue weighted by Gasteiger charge is 2.15. The Kier molecular flexibility index (Phi) is 6.44. The number of benzene rings is 2. The summed E-state index contributed by atoms with van der Waals surface area (Å²) in [6.45, 7) is 3.07. The van der Waals surface area contributed by atoms with Crippen molar-refractivity contribution < 1.29 is 4.79 Å². The second-order valence-electron chi connectivity index (χ2n) is 6.40. The van der Waals surface area contributed by atoms with Gasteiger partial charge in [-0.15, -0.1) is 0 Å². The predicted molar refractivity (Wildman–Crippen MR) is 110 cm³/mol. The van der Waals surface area contributed by atoms with Crippen molar-refractivity contribution in [2.45, 2.75) is 19.9 Å². The Morgan fingerprint density at radius 3 is 2.52 bits per heavy atom. The van der Waals surface area contributed by atoms with E-state index in [1.165, 1.54) is 5.56 Å². The van der Waals surface area contributed by atoms with Crippen molar-refractivity contribution in [3.8, 4) is 0 Å². The molecule has 4 nitrogen and oxygen atoms in total. The zero-order valence-electron chi connectivity index (χ0n) is 15.2. The first-order valence-electron chi connectivity index (χ1n) is 8.87. The molecule has 5 heteroatoms. The molecule has 0 radical (unpaired) electrons. The molecule has 0 saturated carbocycles. The van der Waals surface area contributed by atoms with E-state index in [-0.39, 0.29) is 6.03 Å². The number of aromatic nitrogens is 1. The van der Waals surface area contributed by atoms with Crippen LogP contribution in [0.2, 0.25) is 5.02 Å². The molecule has 0 fully saturated rings. The van der Waals surface area contributed by atoms with Crippen LogP contribution >= 0.6 is 11.6 Å². The molecule has 0 spiro atoms. The number of nitrogens with zero attached hydrogens (tertiary/aromatic N) is 2. The lowest BCUT2D eigenvalue weighted by molar-refractivity contribution is 0.209. The van der Waals surface area contributed by atoms with Gasteiger partial charge in [-0.3, -0.25) is 4.98 Å². The third-order valence-corrected chi connectivity index (χ3v) is 4.60. The molecular formula is C22H22ClN3O. The number of carbonyl (C=O) groups excluding carboxylic acids is 1. The monoisotopic (exact) mass is 379 g/mol. The van der Waals surface area contributed by atoms with Crippen molar-refractivity contribution in [1.82, 2.24) is 9.88 Å². The van der Waals surface area contributed by atoms with Crippen LogP contribution in [0.1, 0.15) is 16.7 Å². The van der Waals surface area contributed by atoms with Gasteiger partial charge < -0.3 is 10.2 Å². The zero-order chi connectivity index (χ0) is 19.1. The molecule has 0 unspecified atom stereocenters. The number of urea groups is 1. The molecule has 0 saturated heterocycles. The first-order chi connectivity index (χ1) is 13.1. The molecule has 1 aromatic heterocycles.